The highest BCUT2D eigenvalue weighted by molar-refractivity contribution is 5.16. The van der Waals surface area contributed by atoms with Crippen LogP contribution in [0.15, 0.2) is 24.8 Å². The van der Waals surface area contributed by atoms with E-state index in [-0.39, 0.29) is 0 Å². The fourth-order valence-corrected chi connectivity index (χ4v) is 5.35. The van der Waals surface area contributed by atoms with Crippen molar-refractivity contribution < 1.29 is 5.11 Å². The molecule has 1 heteroatoms. The van der Waals surface area contributed by atoms with Crippen LogP contribution in [-0.4, -0.2) is 10.7 Å². The average molecular weight is 290 g/mol. The first-order chi connectivity index (χ1) is 9.62. The minimum Gasteiger partial charge on any atom is -0.386 e. The maximum Gasteiger partial charge on any atom is 0.0797 e. The molecule has 2 fully saturated rings. The average Bonchev–Trinajstić information content (AvgIpc) is 2.36. The lowest BCUT2D eigenvalue weighted by atomic mass is 9.47. The van der Waals surface area contributed by atoms with Gasteiger partial charge in [-0.05, 0) is 68.1 Å². The summed E-state index contributed by atoms with van der Waals surface area (Å²) < 4.78 is 0. The van der Waals surface area contributed by atoms with Crippen LogP contribution >= 0.6 is 0 Å². The standard InChI is InChI=1S/C20H34O/c1-7-19(5,21)14-11-16-15(2)9-10-17-18(3,4)12-8-13-20(16,17)6/h7,16-17,21H,1-2,8-14H2,3-6H3/t16-,17-,19-,20+/m0/s1. The van der Waals surface area contributed by atoms with Crippen molar-refractivity contribution in [2.75, 3.05) is 0 Å². The third-order valence-corrected chi connectivity index (χ3v) is 6.70. The Kier molecular flexibility index (Phi) is 4.46. The Balaban J connectivity index is 2.21. The molecule has 2 rings (SSSR count). The Morgan fingerprint density at radius 3 is 2.62 bits per heavy atom. The summed E-state index contributed by atoms with van der Waals surface area (Å²) >= 11 is 0. The second kappa shape index (κ2) is 5.57. The number of aliphatic hydroxyl groups is 1. The molecule has 0 aliphatic heterocycles. The van der Waals surface area contributed by atoms with Crippen LogP contribution in [0.5, 0.6) is 0 Å². The fourth-order valence-electron chi connectivity index (χ4n) is 5.35. The Labute approximate surface area is 131 Å². The van der Waals surface area contributed by atoms with Gasteiger partial charge < -0.3 is 5.11 Å². The van der Waals surface area contributed by atoms with Crippen molar-refractivity contribution in [3.05, 3.63) is 24.8 Å². The molecule has 0 radical (unpaired) electrons. The molecule has 0 heterocycles. The maximum absolute atomic E-state index is 10.3. The summed E-state index contributed by atoms with van der Waals surface area (Å²) in [4.78, 5) is 0. The van der Waals surface area contributed by atoms with Crippen LogP contribution in [0.2, 0.25) is 0 Å². The molecule has 4 atom stereocenters. The van der Waals surface area contributed by atoms with Gasteiger partial charge in [0.25, 0.3) is 0 Å². The van der Waals surface area contributed by atoms with Crippen molar-refractivity contribution in [1.29, 1.82) is 0 Å². The molecule has 2 aliphatic carbocycles. The minimum atomic E-state index is -0.742. The van der Waals surface area contributed by atoms with Gasteiger partial charge in [-0.2, -0.15) is 0 Å². The second-order valence-electron chi connectivity index (χ2n) is 8.75. The van der Waals surface area contributed by atoms with Gasteiger partial charge in [-0.25, -0.2) is 0 Å². The van der Waals surface area contributed by atoms with Gasteiger partial charge in [0.15, 0.2) is 0 Å². The molecule has 21 heavy (non-hydrogen) atoms. The first kappa shape index (κ1) is 16.8. The van der Waals surface area contributed by atoms with E-state index in [4.69, 9.17) is 0 Å². The van der Waals surface area contributed by atoms with Crippen molar-refractivity contribution in [3.63, 3.8) is 0 Å². The molecule has 0 saturated heterocycles. The van der Waals surface area contributed by atoms with E-state index in [0.29, 0.717) is 16.7 Å². The highest BCUT2D eigenvalue weighted by atomic mass is 16.3. The van der Waals surface area contributed by atoms with Gasteiger partial charge in [-0.1, -0.05) is 45.4 Å². The molecular weight excluding hydrogens is 256 g/mol. The van der Waals surface area contributed by atoms with Crippen LogP contribution in [0.1, 0.15) is 72.6 Å². The van der Waals surface area contributed by atoms with E-state index in [0.717, 1.165) is 18.8 Å². The van der Waals surface area contributed by atoms with Crippen molar-refractivity contribution in [1.82, 2.24) is 0 Å². The van der Waals surface area contributed by atoms with Crippen molar-refractivity contribution >= 4 is 0 Å². The highest BCUT2D eigenvalue weighted by Gasteiger charge is 2.52. The predicted octanol–water partition coefficient (Wildman–Crippen LogP) is 5.50. The largest absolute Gasteiger partial charge is 0.386 e. The van der Waals surface area contributed by atoms with E-state index in [2.05, 4.69) is 33.9 Å². The molecular formula is C20H34O. The summed E-state index contributed by atoms with van der Waals surface area (Å²) in [6, 6.07) is 0. The third kappa shape index (κ3) is 3.13. The van der Waals surface area contributed by atoms with Crippen LogP contribution in [-0.2, 0) is 0 Å². The third-order valence-electron chi connectivity index (χ3n) is 6.70. The lowest BCUT2D eigenvalue weighted by Gasteiger charge is -2.58. The molecule has 2 aliphatic rings. The van der Waals surface area contributed by atoms with Crippen LogP contribution in [0.25, 0.3) is 0 Å². The van der Waals surface area contributed by atoms with Crippen LogP contribution < -0.4 is 0 Å². The van der Waals surface area contributed by atoms with Crippen molar-refractivity contribution in [3.8, 4) is 0 Å². The van der Waals surface area contributed by atoms with E-state index in [1.54, 1.807) is 6.08 Å². The Morgan fingerprint density at radius 2 is 2.00 bits per heavy atom. The summed E-state index contributed by atoms with van der Waals surface area (Å²) in [5.41, 5.74) is 1.50. The molecule has 0 aromatic heterocycles. The van der Waals surface area contributed by atoms with E-state index in [1.807, 2.05) is 6.92 Å². The maximum atomic E-state index is 10.3. The first-order valence-corrected chi connectivity index (χ1v) is 8.66. The molecule has 120 valence electrons. The summed E-state index contributed by atoms with van der Waals surface area (Å²) in [6.07, 6.45) is 10.0. The van der Waals surface area contributed by atoms with Crippen LogP contribution in [0.3, 0.4) is 0 Å². The van der Waals surface area contributed by atoms with E-state index in [1.165, 1.54) is 37.7 Å². The van der Waals surface area contributed by atoms with Crippen LogP contribution in [0.4, 0.5) is 0 Å². The van der Waals surface area contributed by atoms with Crippen molar-refractivity contribution in [2.24, 2.45) is 22.7 Å². The molecule has 0 spiro atoms. The van der Waals surface area contributed by atoms with Gasteiger partial charge in [0.1, 0.15) is 0 Å². The second-order valence-corrected chi connectivity index (χ2v) is 8.75. The lowest BCUT2D eigenvalue weighted by molar-refractivity contribution is -0.0583. The number of fused-ring (bicyclic) bond motifs is 1. The Hall–Kier alpha value is -0.560. The van der Waals surface area contributed by atoms with Gasteiger partial charge in [0.2, 0.25) is 0 Å². The van der Waals surface area contributed by atoms with E-state index < -0.39 is 5.60 Å². The number of allylic oxidation sites excluding steroid dienone is 1. The molecule has 0 amide bonds. The van der Waals surface area contributed by atoms with Gasteiger partial charge >= 0.3 is 0 Å². The van der Waals surface area contributed by atoms with Gasteiger partial charge in [0, 0.05) is 0 Å². The molecule has 0 bridgehead atoms. The van der Waals surface area contributed by atoms with Gasteiger partial charge in [-0.3, -0.25) is 0 Å². The summed E-state index contributed by atoms with van der Waals surface area (Å²) in [7, 11) is 0. The van der Waals surface area contributed by atoms with Crippen LogP contribution in [0, 0.1) is 22.7 Å². The zero-order chi connectivity index (χ0) is 15.9. The first-order valence-electron chi connectivity index (χ1n) is 8.66. The number of hydrogen-bond acceptors (Lipinski definition) is 1. The Morgan fingerprint density at radius 1 is 1.33 bits per heavy atom. The van der Waals surface area contributed by atoms with E-state index >= 15 is 0 Å². The molecule has 1 nitrogen and oxygen atoms in total. The lowest BCUT2D eigenvalue weighted by Crippen LogP contribution is -2.49. The van der Waals surface area contributed by atoms with Crippen molar-refractivity contribution in [2.45, 2.75) is 78.2 Å². The highest BCUT2D eigenvalue weighted by Crippen LogP contribution is 2.61. The molecule has 0 unspecified atom stereocenters. The summed E-state index contributed by atoms with van der Waals surface area (Å²) in [6.45, 7) is 17.4. The molecule has 1 N–H and O–H groups in total. The fraction of sp³-hybridized carbons (Fsp3) is 0.800. The Bertz CT molecular complexity index is 418. The molecule has 2 saturated carbocycles. The summed E-state index contributed by atoms with van der Waals surface area (Å²) in [5.74, 6) is 1.35. The molecule has 0 aromatic rings. The van der Waals surface area contributed by atoms with Gasteiger partial charge in [0.05, 0.1) is 5.60 Å². The topological polar surface area (TPSA) is 20.2 Å². The number of hydrogen-bond donors (Lipinski definition) is 1. The quantitative estimate of drug-likeness (QED) is 0.678. The SMILES string of the molecule is C=C[C@](C)(O)CC[C@H]1C(=C)CC[C@H]2C(C)(C)CCC[C@]12C. The zero-order valence-electron chi connectivity index (χ0n) is 14.5. The number of rotatable bonds is 4. The summed E-state index contributed by atoms with van der Waals surface area (Å²) in [5, 5.41) is 10.3. The minimum absolute atomic E-state index is 0.369. The monoisotopic (exact) mass is 290 g/mol. The van der Waals surface area contributed by atoms with Gasteiger partial charge in [-0.15, -0.1) is 6.58 Å². The normalized spacial score (nSPS) is 38.4. The van der Waals surface area contributed by atoms with E-state index in [9.17, 15) is 5.11 Å². The zero-order valence-corrected chi connectivity index (χ0v) is 14.5. The smallest absolute Gasteiger partial charge is 0.0797 e. The predicted molar refractivity (Wildman–Crippen MR) is 91.1 cm³/mol. The molecule has 0 aromatic carbocycles.